The third-order valence-corrected chi connectivity index (χ3v) is 9.19. The Hall–Kier alpha value is -2.78. The normalized spacial score (nSPS) is 16.6. The fraction of sp³-hybridized carbons (Fsp3) is 0.351. The summed E-state index contributed by atoms with van der Waals surface area (Å²) in [6, 6.07) is 29.6. The largest absolute Gasteiger partial charge is 0.494 e. The summed E-state index contributed by atoms with van der Waals surface area (Å²) in [7, 11) is 2.20. The van der Waals surface area contributed by atoms with Crippen molar-refractivity contribution in [1.29, 1.82) is 0 Å². The SMILES string of the molecule is Bc1ccc2c(c1)C(c1ccc(OCCC(C)CCCC(C)C)cc1)(c1cc(C)ccc1C)c1cc(Br)ccc1-2. The topological polar surface area (TPSA) is 9.23 Å². The minimum absolute atomic E-state index is 0.403. The molecule has 1 aliphatic rings. The molecule has 206 valence electrons. The first-order valence-electron chi connectivity index (χ1n) is 14.9. The zero-order valence-electron chi connectivity index (χ0n) is 25.0. The second-order valence-electron chi connectivity index (χ2n) is 12.4. The molecule has 2 unspecified atom stereocenters. The molecule has 40 heavy (non-hydrogen) atoms. The summed E-state index contributed by atoms with van der Waals surface area (Å²) in [4.78, 5) is 0. The molecule has 3 heteroatoms. The summed E-state index contributed by atoms with van der Waals surface area (Å²) in [6.07, 6.45) is 5.01. The minimum atomic E-state index is -0.403. The standard InChI is InChI=1S/C37H42BBrO/c1-24(2)7-6-8-25(3)19-20-40-31-15-11-28(12-16-31)37(34-21-26(4)9-10-27(34)5)35-22-29(38)13-17-32(35)33-18-14-30(39)23-36(33)37/h9-18,21-25H,6-8,19-20,38H2,1-5H3. The van der Waals surface area contributed by atoms with Crippen molar-refractivity contribution in [3.05, 3.63) is 117 Å². The molecule has 4 aromatic rings. The fourth-order valence-corrected chi connectivity index (χ4v) is 6.87. The van der Waals surface area contributed by atoms with Gasteiger partial charge in [0.1, 0.15) is 13.6 Å². The highest BCUT2D eigenvalue weighted by atomic mass is 79.9. The summed E-state index contributed by atoms with van der Waals surface area (Å²) < 4.78 is 7.38. The maximum Gasteiger partial charge on any atom is 0.139 e. The van der Waals surface area contributed by atoms with Gasteiger partial charge in [0.15, 0.2) is 0 Å². The molecule has 0 aromatic heterocycles. The molecule has 0 amide bonds. The van der Waals surface area contributed by atoms with Crippen LogP contribution in [0.3, 0.4) is 0 Å². The molecule has 0 saturated carbocycles. The first-order valence-corrected chi connectivity index (χ1v) is 15.7. The van der Waals surface area contributed by atoms with Crippen LogP contribution in [0.25, 0.3) is 11.1 Å². The van der Waals surface area contributed by atoms with Gasteiger partial charge in [0, 0.05) is 4.47 Å². The van der Waals surface area contributed by atoms with E-state index in [0.717, 1.165) is 29.2 Å². The number of rotatable bonds is 10. The van der Waals surface area contributed by atoms with Gasteiger partial charge < -0.3 is 4.74 Å². The van der Waals surface area contributed by atoms with Crippen LogP contribution >= 0.6 is 15.9 Å². The van der Waals surface area contributed by atoms with Gasteiger partial charge >= 0.3 is 0 Å². The van der Waals surface area contributed by atoms with Crippen LogP contribution in [-0.2, 0) is 5.41 Å². The zero-order valence-corrected chi connectivity index (χ0v) is 26.6. The molecule has 4 aromatic carbocycles. The Morgan fingerprint density at radius 1 is 0.750 bits per heavy atom. The summed E-state index contributed by atoms with van der Waals surface area (Å²) in [5.74, 6) is 2.43. The van der Waals surface area contributed by atoms with E-state index in [-0.39, 0.29) is 0 Å². The minimum Gasteiger partial charge on any atom is -0.494 e. The number of halogens is 1. The Balaban J connectivity index is 1.54. The Morgan fingerprint density at radius 2 is 1.45 bits per heavy atom. The van der Waals surface area contributed by atoms with E-state index in [1.165, 1.54) is 69.2 Å². The van der Waals surface area contributed by atoms with E-state index in [1.807, 2.05) is 0 Å². The Morgan fingerprint density at radius 3 is 2.17 bits per heavy atom. The summed E-state index contributed by atoms with van der Waals surface area (Å²) in [5, 5.41) is 0. The molecular formula is C37H42BBrO. The van der Waals surface area contributed by atoms with Crippen LogP contribution in [0, 0.1) is 25.7 Å². The molecule has 0 radical (unpaired) electrons. The van der Waals surface area contributed by atoms with Crippen LogP contribution < -0.4 is 10.2 Å². The van der Waals surface area contributed by atoms with E-state index in [0.29, 0.717) is 5.92 Å². The van der Waals surface area contributed by atoms with E-state index in [1.54, 1.807) is 0 Å². The van der Waals surface area contributed by atoms with Crippen molar-refractivity contribution >= 4 is 29.2 Å². The van der Waals surface area contributed by atoms with Gasteiger partial charge in [0.2, 0.25) is 0 Å². The average molecular weight is 593 g/mol. The molecule has 5 rings (SSSR count). The quantitative estimate of drug-likeness (QED) is 0.147. The highest BCUT2D eigenvalue weighted by Gasteiger charge is 2.47. The summed E-state index contributed by atoms with van der Waals surface area (Å²) in [6.45, 7) is 12.2. The van der Waals surface area contributed by atoms with Crippen LogP contribution in [0.4, 0.5) is 0 Å². The van der Waals surface area contributed by atoms with Gasteiger partial charge in [0.05, 0.1) is 12.0 Å². The third-order valence-electron chi connectivity index (χ3n) is 8.70. The third kappa shape index (κ3) is 5.55. The highest BCUT2D eigenvalue weighted by molar-refractivity contribution is 9.10. The molecular weight excluding hydrogens is 551 g/mol. The Kier molecular flexibility index (Phi) is 8.62. The van der Waals surface area contributed by atoms with Crippen LogP contribution in [0.1, 0.15) is 79.8 Å². The lowest BCUT2D eigenvalue weighted by molar-refractivity contribution is 0.275. The van der Waals surface area contributed by atoms with E-state index >= 15 is 0 Å². The first-order chi connectivity index (χ1) is 19.2. The smallest absolute Gasteiger partial charge is 0.139 e. The van der Waals surface area contributed by atoms with Crippen LogP contribution in [-0.4, -0.2) is 14.5 Å². The first kappa shape index (κ1) is 28.7. The van der Waals surface area contributed by atoms with Crippen molar-refractivity contribution in [2.45, 2.75) is 65.7 Å². The van der Waals surface area contributed by atoms with Gasteiger partial charge in [-0.3, -0.25) is 0 Å². The highest BCUT2D eigenvalue weighted by Crippen LogP contribution is 2.57. The van der Waals surface area contributed by atoms with Gasteiger partial charge in [0.25, 0.3) is 0 Å². The molecule has 0 heterocycles. The van der Waals surface area contributed by atoms with Crippen LogP contribution in [0.5, 0.6) is 5.75 Å². The van der Waals surface area contributed by atoms with Crippen molar-refractivity contribution in [2.24, 2.45) is 11.8 Å². The number of hydrogen-bond donors (Lipinski definition) is 0. The van der Waals surface area contributed by atoms with E-state index in [4.69, 9.17) is 4.74 Å². The predicted molar refractivity (Wildman–Crippen MR) is 177 cm³/mol. The molecule has 0 spiro atoms. The molecule has 0 aliphatic heterocycles. The maximum absolute atomic E-state index is 6.27. The Labute approximate surface area is 250 Å². The lowest BCUT2D eigenvalue weighted by atomic mass is 9.65. The van der Waals surface area contributed by atoms with Gasteiger partial charge in [-0.15, -0.1) is 0 Å². The monoisotopic (exact) mass is 592 g/mol. The number of fused-ring (bicyclic) bond motifs is 3. The molecule has 0 saturated heterocycles. The van der Waals surface area contributed by atoms with Gasteiger partial charge in [-0.1, -0.05) is 122 Å². The Bertz CT molecular complexity index is 1440. The van der Waals surface area contributed by atoms with Crippen LogP contribution in [0.15, 0.2) is 83.3 Å². The number of ether oxygens (including phenoxy) is 1. The van der Waals surface area contributed by atoms with Crippen molar-refractivity contribution in [3.63, 3.8) is 0 Å². The van der Waals surface area contributed by atoms with Crippen molar-refractivity contribution in [3.8, 4) is 16.9 Å². The van der Waals surface area contributed by atoms with Gasteiger partial charge in [-0.25, -0.2) is 0 Å². The number of aryl methyl sites for hydroxylation is 2. The maximum atomic E-state index is 6.27. The zero-order chi connectivity index (χ0) is 28.4. The van der Waals surface area contributed by atoms with Gasteiger partial charge in [-0.05, 0) is 95.3 Å². The molecule has 0 bridgehead atoms. The lowest BCUT2D eigenvalue weighted by Crippen LogP contribution is -2.30. The van der Waals surface area contributed by atoms with Crippen molar-refractivity contribution in [1.82, 2.24) is 0 Å². The predicted octanol–water partition coefficient (Wildman–Crippen LogP) is 8.92. The lowest BCUT2D eigenvalue weighted by Gasteiger charge is -2.35. The molecule has 0 N–H and O–H groups in total. The summed E-state index contributed by atoms with van der Waals surface area (Å²) >= 11 is 3.81. The van der Waals surface area contributed by atoms with E-state index < -0.39 is 5.41 Å². The number of benzene rings is 4. The molecule has 1 nitrogen and oxygen atoms in total. The average Bonchev–Trinajstić information content (AvgIpc) is 3.19. The second-order valence-corrected chi connectivity index (χ2v) is 13.3. The molecule has 1 aliphatic carbocycles. The van der Waals surface area contributed by atoms with E-state index in [9.17, 15) is 0 Å². The molecule has 2 atom stereocenters. The van der Waals surface area contributed by atoms with Crippen molar-refractivity contribution in [2.75, 3.05) is 6.61 Å². The van der Waals surface area contributed by atoms with Gasteiger partial charge in [-0.2, -0.15) is 0 Å². The number of hydrogen-bond acceptors (Lipinski definition) is 1. The van der Waals surface area contributed by atoms with E-state index in [2.05, 4.69) is 137 Å². The summed E-state index contributed by atoms with van der Waals surface area (Å²) in [5.41, 5.74) is 11.4. The van der Waals surface area contributed by atoms with Crippen molar-refractivity contribution < 1.29 is 4.74 Å². The van der Waals surface area contributed by atoms with Crippen LogP contribution in [0.2, 0.25) is 0 Å². The fourth-order valence-electron chi connectivity index (χ4n) is 6.50. The molecule has 0 fully saturated rings. The second kappa shape index (κ2) is 12.0.